The minimum Gasteiger partial charge on any atom is -0.290 e. The van der Waals surface area contributed by atoms with Crippen LogP contribution < -0.4 is 0 Å². The summed E-state index contributed by atoms with van der Waals surface area (Å²) in [6.07, 6.45) is 0. The Morgan fingerprint density at radius 2 is 1.30 bits per heavy atom. The van der Waals surface area contributed by atoms with E-state index in [0.717, 1.165) is 0 Å². The van der Waals surface area contributed by atoms with Gasteiger partial charge < -0.3 is 0 Å². The van der Waals surface area contributed by atoms with Crippen molar-refractivity contribution in [1.29, 1.82) is 0 Å². The van der Waals surface area contributed by atoms with Gasteiger partial charge in [-0.15, -0.1) is 0 Å². The van der Waals surface area contributed by atoms with Gasteiger partial charge in [0.25, 0.3) is 0 Å². The Morgan fingerprint density at radius 1 is 0.850 bits per heavy atom. The average Bonchev–Trinajstić information content (AvgIpc) is 2.48. The van der Waals surface area contributed by atoms with E-state index in [0.29, 0.717) is 5.56 Å². The number of halogens is 2. The van der Waals surface area contributed by atoms with Gasteiger partial charge in [0.15, 0.2) is 0 Å². The number of ketones is 1. The van der Waals surface area contributed by atoms with E-state index in [4.69, 9.17) is 0 Å². The molecule has 0 fully saturated rings. The van der Waals surface area contributed by atoms with Crippen molar-refractivity contribution in [3.63, 3.8) is 0 Å². The highest BCUT2D eigenvalue weighted by molar-refractivity contribution is 9.28. The van der Waals surface area contributed by atoms with E-state index in [1.54, 1.807) is 48.5 Å². The van der Waals surface area contributed by atoms with E-state index in [2.05, 4.69) is 31.9 Å². The Balaban J connectivity index is 2.48. The maximum Gasteiger partial charge on any atom is 0.247 e. The van der Waals surface area contributed by atoms with E-state index in [-0.39, 0.29) is 4.90 Å². The van der Waals surface area contributed by atoms with Crippen molar-refractivity contribution in [3.8, 4) is 0 Å². The predicted molar refractivity (Wildman–Crippen MR) is 85.0 cm³/mol. The summed E-state index contributed by atoms with van der Waals surface area (Å²) >= 11 is 6.04. The zero-order valence-electron chi connectivity index (χ0n) is 10.2. The first-order chi connectivity index (χ1) is 9.37. The normalized spacial score (nSPS) is 12.1. The molecule has 0 N–H and O–H groups in total. The van der Waals surface area contributed by atoms with E-state index in [1.807, 2.05) is 0 Å². The fourth-order valence-corrected chi connectivity index (χ4v) is 4.38. The SMILES string of the molecule is O=C(c1ccccc1)C(Br)(Br)S(=O)(=O)c1ccccc1. The van der Waals surface area contributed by atoms with E-state index < -0.39 is 18.2 Å². The first-order valence-corrected chi connectivity index (χ1v) is 8.71. The van der Waals surface area contributed by atoms with E-state index in [1.165, 1.54) is 12.1 Å². The predicted octanol–water partition coefficient (Wildman–Crippen LogP) is 3.79. The topological polar surface area (TPSA) is 51.2 Å². The molecule has 0 aliphatic carbocycles. The largest absolute Gasteiger partial charge is 0.290 e. The molecule has 2 rings (SSSR count). The molecule has 0 unspecified atom stereocenters. The van der Waals surface area contributed by atoms with Crippen molar-refractivity contribution < 1.29 is 13.2 Å². The van der Waals surface area contributed by atoms with Gasteiger partial charge in [0, 0.05) is 5.56 Å². The number of carbonyl (C=O) groups is 1. The maximum atomic E-state index is 12.6. The fraction of sp³-hybridized carbons (Fsp3) is 0.0714. The number of benzene rings is 2. The van der Waals surface area contributed by atoms with E-state index >= 15 is 0 Å². The van der Waals surface area contributed by atoms with E-state index in [9.17, 15) is 13.2 Å². The number of rotatable bonds is 4. The zero-order chi connectivity index (χ0) is 14.8. The van der Waals surface area contributed by atoms with Crippen LogP contribution in [0.4, 0.5) is 0 Å². The summed E-state index contributed by atoms with van der Waals surface area (Å²) in [7, 11) is -3.90. The van der Waals surface area contributed by atoms with Gasteiger partial charge in [-0.1, -0.05) is 48.5 Å². The van der Waals surface area contributed by atoms with Crippen LogP contribution in [0.25, 0.3) is 0 Å². The smallest absolute Gasteiger partial charge is 0.247 e. The molecule has 0 radical (unpaired) electrons. The van der Waals surface area contributed by atoms with Gasteiger partial charge in [-0.05, 0) is 44.0 Å². The standard InChI is InChI=1S/C14H10Br2O3S/c15-14(16,13(17)11-7-3-1-4-8-11)20(18,19)12-9-5-2-6-10-12/h1-10H. The lowest BCUT2D eigenvalue weighted by Gasteiger charge is -2.19. The molecule has 0 aliphatic heterocycles. The number of sulfone groups is 1. The van der Waals surface area contributed by atoms with Crippen LogP contribution in [0.1, 0.15) is 10.4 Å². The Hall–Kier alpha value is -0.980. The molecule has 0 aliphatic rings. The first-order valence-electron chi connectivity index (χ1n) is 5.65. The highest BCUT2D eigenvalue weighted by atomic mass is 79.9. The van der Waals surface area contributed by atoms with Crippen LogP contribution in [-0.4, -0.2) is 16.8 Å². The number of alkyl halides is 2. The molecular weight excluding hydrogens is 408 g/mol. The molecule has 0 saturated heterocycles. The van der Waals surface area contributed by atoms with Gasteiger partial charge in [0.1, 0.15) is 0 Å². The second kappa shape index (κ2) is 5.79. The molecule has 0 bridgehead atoms. The quantitative estimate of drug-likeness (QED) is 0.561. The lowest BCUT2D eigenvalue weighted by atomic mass is 10.1. The van der Waals surface area contributed by atoms with Crippen LogP contribution in [0.5, 0.6) is 0 Å². The van der Waals surface area contributed by atoms with Crippen LogP contribution in [0, 0.1) is 0 Å². The highest BCUT2D eigenvalue weighted by Gasteiger charge is 2.47. The van der Waals surface area contributed by atoms with Crippen molar-refractivity contribution >= 4 is 47.5 Å². The Labute approximate surface area is 134 Å². The third kappa shape index (κ3) is 2.73. The molecule has 104 valence electrons. The lowest BCUT2D eigenvalue weighted by molar-refractivity contribution is 0.100. The van der Waals surface area contributed by atoms with Crippen LogP contribution in [0.3, 0.4) is 0 Å². The van der Waals surface area contributed by atoms with Crippen molar-refractivity contribution in [2.24, 2.45) is 0 Å². The molecule has 0 atom stereocenters. The summed E-state index contributed by atoms with van der Waals surface area (Å²) in [6.45, 7) is 0. The van der Waals surface area contributed by atoms with Gasteiger partial charge in [0.05, 0.1) is 4.90 Å². The van der Waals surface area contributed by atoms with Gasteiger partial charge in [0.2, 0.25) is 18.2 Å². The number of hydrogen-bond acceptors (Lipinski definition) is 3. The Bertz CT molecular complexity index is 711. The van der Waals surface area contributed by atoms with Crippen molar-refractivity contribution in [2.75, 3.05) is 0 Å². The highest BCUT2D eigenvalue weighted by Crippen LogP contribution is 2.40. The molecule has 3 nitrogen and oxygen atoms in total. The molecule has 0 aromatic heterocycles. The van der Waals surface area contributed by atoms with Crippen molar-refractivity contribution in [3.05, 3.63) is 66.2 Å². The summed E-state index contributed by atoms with van der Waals surface area (Å²) < 4.78 is 23.2. The van der Waals surface area contributed by atoms with Crippen LogP contribution >= 0.6 is 31.9 Å². The van der Waals surface area contributed by atoms with Gasteiger partial charge in [-0.3, -0.25) is 4.79 Å². The van der Waals surface area contributed by atoms with Gasteiger partial charge >= 0.3 is 0 Å². The molecule has 2 aromatic carbocycles. The molecule has 0 heterocycles. The zero-order valence-corrected chi connectivity index (χ0v) is 14.2. The molecule has 6 heteroatoms. The number of carbonyl (C=O) groups excluding carboxylic acids is 1. The second-order valence-corrected chi connectivity index (χ2v) is 10.6. The maximum absolute atomic E-state index is 12.6. The van der Waals surface area contributed by atoms with Crippen LogP contribution in [0.15, 0.2) is 65.6 Å². The molecule has 0 saturated carbocycles. The molecule has 0 spiro atoms. The summed E-state index contributed by atoms with van der Waals surface area (Å²) in [5, 5.41) is 0. The summed E-state index contributed by atoms with van der Waals surface area (Å²) in [5.74, 6) is -0.568. The molecule has 0 amide bonds. The summed E-state index contributed by atoms with van der Waals surface area (Å²) in [4.78, 5) is 12.5. The monoisotopic (exact) mass is 416 g/mol. The van der Waals surface area contributed by atoms with Crippen molar-refractivity contribution in [1.82, 2.24) is 0 Å². The Kier molecular flexibility index (Phi) is 4.46. The minimum atomic E-state index is -3.90. The first kappa shape index (κ1) is 15.4. The molecule has 20 heavy (non-hydrogen) atoms. The molecule has 2 aromatic rings. The summed E-state index contributed by atoms with van der Waals surface area (Å²) in [6, 6.07) is 16.1. The third-order valence-electron chi connectivity index (χ3n) is 2.69. The number of hydrogen-bond donors (Lipinski definition) is 0. The lowest BCUT2D eigenvalue weighted by Crippen LogP contribution is -2.34. The minimum absolute atomic E-state index is 0.0676. The Morgan fingerprint density at radius 3 is 1.80 bits per heavy atom. The van der Waals surface area contributed by atoms with Gasteiger partial charge in [-0.25, -0.2) is 8.42 Å². The summed E-state index contributed by atoms with van der Waals surface area (Å²) in [5.41, 5.74) is 0.306. The fourth-order valence-electron chi connectivity index (χ4n) is 1.63. The van der Waals surface area contributed by atoms with Gasteiger partial charge in [-0.2, -0.15) is 0 Å². The number of Topliss-reactive ketones (excluding diaryl/α,β-unsaturated/α-hetero) is 1. The van der Waals surface area contributed by atoms with Crippen LogP contribution in [0.2, 0.25) is 0 Å². The van der Waals surface area contributed by atoms with Crippen molar-refractivity contribution in [2.45, 2.75) is 7.46 Å². The van der Waals surface area contributed by atoms with Crippen LogP contribution in [-0.2, 0) is 9.84 Å². The third-order valence-corrected chi connectivity index (χ3v) is 7.72. The second-order valence-electron chi connectivity index (χ2n) is 4.03. The molecular formula is C14H10Br2O3S. The average molecular weight is 418 g/mol.